The molecule has 0 fully saturated rings. The Morgan fingerprint density at radius 3 is 1.72 bits per heavy atom. The molecule has 0 bridgehead atoms. The van der Waals surface area contributed by atoms with E-state index in [-0.39, 0.29) is 24.5 Å². The second kappa shape index (κ2) is 11.2. The normalized spacial score (nSPS) is 11.3. The SMILES string of the molecule is CC(C)(C)OC(=O)NCC(CNC(=O)OC(C)(C)C)OC(=O)Oc1ccc([N+](=O)[O-])cc1. The Morgan fingerprint density at radius 2 is 1.34 bits per heavy atom. The van der Waals surface area contributed by atoms with Gasteiger partial charge in [0.15, 0.2) is 0 Å². The van der Waals surface area contributed by atoms with Crippen molar-refractivity contribution in [3.8, 4) is 5.75 Å². The molecule has 0 saturated carbocycles. The number of ether oxygens (including phenoxy) is 4. The average molecular weight is 455 g/mol. The summed E-state index contributed by atoms with van der Waals surface area (Å²) in [6.07, 6.45) is -3.65. The molecule has 0 radical (unpaired) electrons. The highest BCUT2D eigenvalue weighted by atomic mass is 16.7. The van der Waals surface area contributed by atoms with Crippen LogP contribution < -0.4 is 15.4 Å². The molecular weight excluding hydrogens is 426 g/mol. The number of non-ortho nitro benzene ring substituents is 1. The number of carbonyl (C=O) groups excluding carboxylic acids is 3. The van der Waals surface area contributed by atoms with E-state index in [1.54, 1.807) is 41.5 Å². The van der Waals surface area contributed by atoms with Gasteiger partial charge in [0.25, 0.3) is 5.69 Å². The minimum atomic E-state index is -1.14. The van der Waals surface area contributed by atoms with Crippen molar-refractivity contribution in [3.05, 3.63) is 34.4 Å². The first-order chi connectivity index (χ1) is 14.6. The third-order valence-electron chi connectivity index (χ3n) is 3.26. The summed E-state index contributed by atoms with van der Waals surface area (Å²) in [5.74, 6) is 0.0135. The molecule has 0 aromatic heterocycles. The molecule has 0 spiro atoms. The van der Waals surface area contributed by atoms with Crippen LogP contribution in [0.4, 0.5) is 20.1 Å². The molecule has 12 nitrogen and oxygen atoms in total. The number of nitrogens with zero attached hydrogens (tertiary/aromatic N) is 1. The summed E-state index contributed by atoms with van der Waals surface area (Å²) in [5.41, 5.74) is -1.64. The summed E-state index contributed by atoms with van der Waals surface area (Å²) >= 11 is 0. The number of nitrogens with one attached hydrogen (secondary N) is 2. The fourth-order valence-corrected chi connectivity index (χ4v) is 2.07. The van der Waals surface area contributed by atoms with Crippen molar-refractivity contribution in [1.29, 1.82) is 0 Å². The summed E-state index contributed by atoms with van der Waals surface area (Å²) in [4.78, 5) is 46.0. The molecule has 1 rings (SSSR count). The van der Waals surface area contributed by atoms with Crippen molar-refractivity contribution in [2.75, 3.05) is 13.1 Å². The van der Waals surface area contributed by atoms with Crippen molar-refractivity contribution in [3.63, 3.8) is 0 Å². The van der Waals surface area contributed by atoms with Gasteiger partial charge in [-0.3, -0.25) is 10.1 Å². The molecule has 0 atom stereocenters. The largest absolute Gasteiger partial charge is 0.514 e. The summed E-state index contributed by atoms with van der Waals surface area (Å²) in [6, 6.07) is 4.78. The molecule has 0 aliphatic carbocycles. The first-order valence-electron chi connectivity index (χ1n) is 9.71. The Hall–Kier alpha value is -3.57. The summed E-state index contributed by atoms with van der Waals surface area (Å²) < 4.78 is 20.4. The van der Waals surface area contributed by atoms with Crippen LogP contribution in [0.5, 0.6) is 5.75 Å². The van der Waals surface area contributed by atoms with Gasteiger partial charge in [0.2, 0.25) is 0 Å². The van der Waals surface area contributed by atoms with Crippen molar-refractivity contribution in [2.24, 2.45) is 0 Å². The van der Waals surface area contributed by atoms with Crippen LogP contribution in [-0.4, -0.2) is 53.7 Å². The fourth-order valence-electron chi connectivity index (χ4n) is 2.07. The fraction of sp³-hybridized carbons (Fsp3) is 0.550. The predicted octanol–water partition coefficient (Wildman–Crippen LogP) is 3.53. The minimum absolute atomic E-state index is 0.0135. The molecule has 32 heavy (non-hydrogen) atoms. The monoisotopic (exact) mass is 455 g/mol. The van der Waals surface area contributed by atoms with Crippen molar-refractivity contribution < 1.29 is 38.3 Å². The molecule has 0 aliphatic heterocycles. The van der Waals surface area contributed by atoms with E-state index in [0.717, 1.165) is 12.1 Å². The number of benzene rings is 1. The van der Waals surface area contributed by atoms with Gasteiger partial charge in [-0.15, -0.1) is 0 Å². The highest BCUT2D eigenvalue weighted by Gasteiger charge is 2.23. The molecule has 2 N–H and O–H groups in total. The predicted molar refractivity (Wildman–Crippen MR) is 112 cm³/mol. The summed E-state index contributed by atoms with van der Waals surface area (Å²) in [7, 11) is 0. The molecular formula is C20H29N3O9. The average Bonchev–Trinajstić information content (AvgIpc) is 2.61. The molecule has 0 aliphatic rings. The second-order valence-electron chi connectivity index (χ2n) is 8.61. The van der Waals surface area contributed by atoms with Gasteiger partial charge in [0, 0.05) is 12.1 Å². The maximum absolute atomic E-state index is 12.1. The van der Waals surface area contributed by atoms with E-state index in [0.29, 0.717) is 0 Å². The third-order valence-corrected chi connectivity index (χ3v) is 3.26. The first kappa shape index (κ1) is 26.5. The van der Waals surface area contributed by atoms with Crippen molar-refractivity contribution >= 4 is 24.0 Å². The standard InChI is InChI=1S/C20H29N3O9/c1-19(2,3)31-16(24)21-11-15(12-22-17(25)32-20(4,5)6)30-18(26)29-14-9-7-13(8-10-14)23(27)28/h7-10,15H,11-12H2,1-6H3,(H,21,24)(H,22,25). The number of hydrogen-bond acceptors (Lipinski definition) is 9. The number of hydrogen-bond donors (Lipinski definition) is 2. The van der Waals surface area contributed by atoms with Crippen molar-refractivity contribution in [1.82, 2.24) is 10.6 Å². The number of nitro benzene ring substituents is 1. The van der Waals surface area contributed by atoms with Gasteiger partial charge in [0.1, 0.15) is 23.1 Å². The quantitative estimate of drug-likeness (QED) is 0.206. The lowest BCUT2D eigenvalue weighted by molar-refractivity contribution is -0.384. The van der Waals surface area contributed by atoms with Crippen LogP contribution in [0, 0.1) is 10.1 Å². The zero-order valence-electron chi connectivity index (χ0n) is 18.9. The molecule has 12 heteroatoms. The Bertz CT molecular complexity index is 779. The number of alkyl carbamates (subject to hydrolysis) is 2. The summed E-state index contributed by atoms with van der Waals surface area (Å²) in [6.45, 7) is 9.73. The minimum Gasteiger partial charge on any atom is -0.444 e. The second-order valence-corrected chi connectivity index (χ2v) is 8.61. The Morgan fingerprint density at radius 1 is 0.906 bits per heavy atom. The molecule has 2 amide bonds. The van der Waals surface area contributed by atoms with Gasteiger partial charge in [0.05, 0.1) is 18.0 Å². The first-order valence-corrected chi connectivity index (χ1v) is 9.71. The van der Waals surface area contributed by atoms with Crippen LogP contribution in [0.2, 0.25) is 0 Å². The van der Waals surface area contributed by atoms with Gasteiger partial charge in [-0.05, 0) is 53.7 Å². The van der Waals surface area contributed by atoms with Crippen LogP contribution in [0.15, 0.2) is 24.3 Å². The molecule has 178 valence electrons. The molecule has 1 aromatic rings. The van der Waals surface area contributed by atoms with Gasteiger partial charge >= 0.3 is 18.3 Å². The smallest absolute Gasteiger partial charge is 0.444 e. The van der Waals surface area contributed by atoms with Crippen LogP contribution in [0.3, 0.4) is 0 Å². The van der Waals surface area contributed by atoms with Gasteiger partial charge in [-0.25, -0.2) is 14.4 Å². The van der Waals surface area contributed by atoms with Gasteiger partial charge < -0.3 is 29.6 Å². The Kier molecular flexibility index (Phi) is 9.23. The lowest BCUT2D eigenvalue weighted by atomic mass is 10.2. The number of carbonyl (C=O) groups is 3. The zero-order chi connectivity index (χ0) is 24.5. The lowest BCUT2D eigenvalue weighted by Crippen LogP contribution is -2.45. The number of nitro groups is 1. The molecule has 0 heterocycles. The lowest BCUT2D eigenvalue weighted by Gasteiger charge is -2.23. The van der Waals surface area contributed by atoms with Gasteiger partial charge in [-0.2, -0.15) is 0 Å². The highest BCUT2D eigenvalue weighted by Crippen LogP contribution is 2.18. The topological polar surface area (TPSA) is 155 Å². The zero-order valence-corrected chi connectivity index (χ0v) is 18.9. The number of amides is 2. The number of rotatable bonds is 7. The summed E-state index contributed by atoms with van der Waals surface area (Å²) in [5, 5.41) is 15.6. The van der Waals surface area contributed by atoms with E-state index in [9.17, 15) is 24.5 Å². The van der Waals surface area contributed by atoms with Crippen LogP contribution in [0.1, 0.15) is 41.5 Å². The van der Waals surface area contributed by atoms with Crippen LogP contribution in [-0.2, 0) is 14.2 Å². The van der Waals surface area contributed by atoms with E-state index >= 15 is 0 Å². The molecule has 0 saturated heterocycles. The third kappa shape index (κ3) is 11.6. The van der Waals surface area contributed by atoms with Crippen molar-refractivity contribution in [2.45, 2.75) is 58.8 Å². The Labute approximate surface area is 185 Å². The van der Waals surface area contributed by atoms with E-state index in [1.165, 1.54) is 12.1 Å². The van der Waals surface area contributed by atoms with Crippen LogP contribution in [0.25, 0.3) is 0 Å². The van der Waals surface area contributed by atoms with E-state index < -0.39 is 40.6 Å². The Balaban J connectivity index is 2.72. The maximum atomic E-state index is 12.1. The maximum Gasteiger partial charge on any atom is 0.514 e. The van der Waals surface area contributed by atoms with E-state index in [1.807, 2.05) is 0 Å². The van der Waals surface area contributed by atoms with E-state index in [2.05, 4.69) is 10.6 Å². The van der Waals surface area contributed by atoms with Gasteiger partial charge in [-0.1, -0.05) is 0 Å². The van der Waals surface area contributed by atoms with E-state index in [4.69, 9.17) is 18.9 Å². The molecule has 1 aromatic carbocycles. The highest BCUT2D eigenvalue weighted by molar-refractivity contribution is 5.69. The van der Waals surface area contributed by atoms with Crippen LogP contribution >= 0.6 is 0 Å². The molecule has 0 unspecified atom stereocenters.